The van der Waals surface area contributed by atoms with E-state index in [9.17, 15) is 0 Å². The van der Waals surface area contributed by atoms with Crippen molar-refractivity contribution in [1.82, 2.24) is 25.1 Å². The van der Waals surface area contributed by atoms with Crippen LogP contribution in [0, 0.1) is 152 Å². The summed E-state index contributed by atoms with van der Waals surface area (Å²) in [6, 6.07) is 4.23. The maximum atomic E-state index is 8.91. The molecule has 12 heteroatoms. The molecule has 0 amide bonds. The number of imidazole rings is 1. The number of nitroso groups, excluding NO2 is 1. The molecule has 3 aromatic heterocycles. The lowest BCUT2D eigenvalue weighted by Gasteiger charge is -2.11. The Morgan fingerprint density at radius 2 is 1.30 bits per heavy atom. The van der Waals surface area contributed by atoms with Gasteiger partial charge >= 0.3 is 0 Å². The SMILES string of the molecule is C#CC#CC#CC#CC#CC#CC#CC#CC#CC.Cc1nc2c(-c3c(C)ncnc3C)cc(-c3c(C)noc3C)cc2[nH]1.N=N/N=N/N=O.[HH].[HH].[HH].[HH].[HH].[HH].[HH]. The largest absolute Gasteiger partial charge is 0.361 e. The molecule has 0 saturated heterocycles. The number of aromatic nitrogens is 5. The quantitative estimate of drug-likeness (QED) is 0.0979. The molecule has 0 atom stereocenters. The van der Waals surface area contributed by atoms with Gasteiger partial charge in [-0.15, -0.1) is 11.3 Å². The van der Waals surface area contributed by atoms with E-state index in [0.717, 1.165) is 62.0 Å². The molecule has 0 radical (unpaired) electrons. The number of fused-ring (bicyclic) bond motifs is 1. The fourth-order valence-electron chi connectivity index (χ4n) is 3.99. The molecule has 252 valence electrons. The normalized spacial score (nSPS) is 8.18. The van der Waals surface area contributed by atoms with E-state index in [1.807, 2.05) is 39.9 Å². The van der Waals surface area contributed by atoms with Gasteiger partial charge < -0.3 is 9.51 Å². The Balaban J connectivity index is -0.000000184. The van der Waals surface area contributed by atoms with Crippen molar-refractivity contribution in [3.63, 3.8) is 0 Å². The monoisotopic (exact) mass is 666 g/mol. The van der Waals surface area contributed by atoms with E-state index in [-0.39, 0.29) is 9.99 Å². The van der Waals surface area contributed by atoms with Crippen molar-refractivity contribution in [2.75, 3.05) is 0 Å². The number of hydrogen-bond donors (Lipinski definition) is 2. The van der Waals surface area contributed by atoms with Crippen LogP contribution in [-0.2, 0) is 0 Å². The molecular weight excluding hydrogens is 628 g/mol. The standard InChI is InChI=1S/C19H19N5O.C19H4.HN5O.7H2/c1-9-17(10(2)21-8-20-9)15-6-14(18-11(3)24-25-12(18)4)7-16-19(15)23-13(5)22-16;1-3-5-7-9-11-13-15-17-19-18-16-14-12-10-8-6-4-2;1-2-3-4-5-6;;;;;;;/h6-8H,1-5H3,(H,22,23);1H,2H3;1H;7*1H/b;;2-1?,4-3+;;;;;;;. The van der Waals surface area contributed by atoms with Crippen LogP contribution in [0.1, 0.15) is 45.6 Å². The molecule has 0 aliphatic rings. The van der Waals surface area contributed by atoms with Crippen LogP contribution >= 0.6 is 0 Å². The molecule has 0 fully saturated rings. The molecule has 3 heterocycles. The maximum Gasteiger partial charge on any atom is 0.141 e. The first kappa shape index (κ1) is 38.0. The highest BCUT2D eigenvalue weighted by molar-refractivity contribution is 5.97. The third kappa shape index (κ3) is 12.3. The van der Waals surface area contributed by atoms with E-state index in [0.29, 0.717) is 0 Å². The summed E-state index contributed by atoms with van der Waals surface area (Å²) in [5.41, 5.74) is 14.6. The minimum atomic E-state index is 0. The van der Waals surface area contributed by atoms with Crippen molar-refractivity contribution in [2.24, 2.45) is 21.0 Å². The summed E-state index contributed by atoms with van der Waals surface area (Å²) in [4.78, 5) is 25.7. The van der Waals surface area contributed by atoms with Crippen LogP contribution in [0.2, 0.25) is 0 Å². The van der Waals surface area contributed by atoms with Gasteiger partial charge in [0.1, 0.15) is 23.2 Å². The van der Waals surface area contributed by atoms with Crippen LogP contribution < -0.4 is 0 Å². The zero-order valence-electron chi connectivity index (χ0n) is 27.7. The number of nitrogens with zero attached hydrogens (tertiary/aromatic N) is 8. The molecule has 50 heavy (non-hydrogen) atoms. The first-order chi connectivity index (χ1) is 24.3. The molecule has 12 nitrogen and oxygen atoms in total. The second-order valence-corrected chi connectivity index (χ2v) is 8.99. The summed E-state index contributed by atoms with van der Waals surface area (Å²) >= 11 is 0. The smallest absolute Gasteiger partial charge is 0.141 e. The van der Waals surface area contributed by atoms with Gasteiger partial charge in [0.2, 0.25) is 0 Å². The van der Waals surface area contributed by atoms with Crippen LogP contribution in [0.4, 0.5) is 0 Å². The van der Waals surface area contributed by atoms with E-state index in [2.05, 4.69) is 154 Å². The van der Waals surface area contributed by atoms with Crippen molar-refractivity contribution in [1.29, 1.82) is 5.53 Å². The fourth-order valence-corrected chi connectivity index (χ4v) is 3.99. The molecular formula is C38H38N10O2. The van der Waals surface area contributed by atoms with Crippen molar-refractivity contribution >= 4 is 11.0 Å². The highest BCUT2D eigenvalue weighted by Crippen LogP contribution is 2.37. The van der Waals surface area contributed by atoms with Crippen molar-refractivity contribution in [3.05, 3.63) is 52.0 Å². The lowest BCUT2D eigenvalue weighted by atomic mass is 9.95. The molecule has 0 aliphatic heterocycles. The number of aryl methyl sites for hydroxylation is 5. The van der Waals surface area contributed by atoms with Gasteiger partial charge in [-0.2, -0.15) is 5.53 Å². The van der Waals surface area contributed by atoms with Gasteiger partial charge in [-0.1, -0.05) is 11.1 Å². The Kier molecular flexibility index (Phi) is 16.4. The van der Waals surface area contributed by atoms with Gasteiger partial charge in [-0.25, -0.2) is 15.0 Å². The Bertz CT molecular complexity index is 2490. The molecule has 0 saturated carbocycles. The van der Waals surface area contributed by atoms with Crippen LogP contribution in [0.3, 0.4) is 0 Å². The zero-order valence-corrected chi connectivity index (χ0v) is 27.7. The van der Waals surface area contributed by atoms with Gasteiger partial charge in [0.15, 0.2) is 0 Å². The number of rotatable bonds is 4. The summed E-state index contributed by atoms with van der Waals surface area (Å²) in [5.74, 6) is 43.6. The first-order valence-electron chi connectivity index (χ1n) is 14.0. The Hall–Kier alpha value is -8.18. The second kappa shape index (κ2) is 21.5. The van der Waals surface area contributed by atoms with Gasteiger partial charge in [-0.05, 0) is 164 Å². The minimum absolute atomic E-state index is 0. The van der Waals surface area contributed by atoms with E-state index in [1.54, 1.807) is 13.3 Å². The Morgan fingerprint density at radius 1 is 0.760 bits per heavy atom. The number of terminal acetylenes is 1. The summed E-state index contributed by atoms with van der Waals surface area (Å²) in [7, 11) is 0. The van der Waals surface area contributed by atoms with Crippen molar-refractivity contribution in [2.45, 2.75) is 41.5 Å². The van der Waals surface area contributed by atoms with E-state index in [1.165, 1.54) is 0 Å². The predicted molar refractivity (Wildman–Crippen MR) is 204 cm³/mol. The second-order valence-electron chi connectivity index (χ2n) is 8.99. The number of benzene rings is 1. The highest BCUT2D eigenvalue weighted by Gasteiger charge is 2.19. The topological polar surface area (TPSA) is 171 Å². The number of H-pyrrole nitrogens is 1. The molecule has 2 N–H and O–H groups in total. The summed E-state index contributed by atoms with van der Waals surface area (Å²) < 4.78 is 5.36. The third-order valence-corrected chi connectivity index (χ3v) is 5.72. The van der Waals surface area contributed by atoms with Crippen LogP contribution in [0.5, 0.6) is 0 Å². The van der Waals surface area contributed by atoms with Gasteiger partial charge in [-0.3, -0.25) is 0 Å². The van der Waals surface area contributed by atoms with Gasteiger partial charge in [0.25, 0.3) is 0 Å². The number of aromatic amines is 1. The molecule has 0 bridgehead atoms. The zero-order chi connectivity index (χ0) is 36.6. The van der Waals surface area contributed by atoms with E-state index < -0.39 is 0 Å². The molecule has 0 spiro atoms. The van der Waals surface area contributed by atoms with Crippen LogP contribution in [-0.4, -0.2) is 25.1 Å². The maximum absolute atomic E-state index is 8.91. The predicted octanol–water partition coefficient (Wildman–Crippen LogP) is 7.67. The highest BCUT2D eigenvalue weighted by atomic mass is 16.5. The average Bonchev–Trinajstić information content (AvgIpc) is 3.65. The molecule has 4 aromatic rings. The lowest BCUT2D eigenvalue weighted by Crippen LogP contribution is -1.96. The summed E-state index contributed by atoms with van der Waals surface area (Å²) in [5, 5.41) is 13.3. The fraction of sp³-hybridized carbons (Fsp3) is 0.158. The Labute approximate surface area is 300 Å². The Morgan fingerprint density at radius 3 is 1.74 bits per heavy atom. The molecule has 4 rings (SSSR count). The summed E-state index contributed by atoms with van der Waals surface area (Å²) in [6.07, 6.45) is 6.49. The summed E-state index contributed by atoms with van der Waals surface area (Å²) in [6.45, 7) is 11.5. The third-order valence-electron chi connectivity index (χ3n) is 5.72. The number of nitrogens with one attached hydrogen (secondary N) is 2. The van der Waals surface area contributed by atoms with Crippen molar-refractivity contribution < 1.29 is 14.5 Å². The minimum Gasteiger partial charge on any atom is -0.361 e. The number of hydrogen-bond acceptors (Lipinski definition) is 7. The van der Waals surface area contributed by atoms with E-state index >= 15 is 0 Å². The van der Waals surface area contributed by atoms with Crippen molar-refractivity contribution in [3.8, 4) is 129 Å². The van der Waals surface area contributed by atoms with Gasteiger partial charge in [0, 0.05) is 43.3 Å². The molecule has 1 aromatic carbocycles. The van der Waals surface area contributed by atoms with Crippen LogP contribution in [0.15, 0.2) is 43.9 Å². The van der Waals surface area contributed by atoms with E-state index in [4.69, 9.17) is 21.4 Å². The molecule has 0 aliphatic carbocycles. The molecule has 0 unspecified atom stereocenters. The van der Waals surface area contributed by atoms with Gasteiger partial charge in [0.05, 0.1) is 16.7 Å². The van der Waals surface area contributed by atoms with Crippen LogP contribution in [0.25, 0.3) is 33.3 Å². The average molecular weight is 667 g/mol. The lowest BCUT2D eigenvalue weighted by molar-refractivity contribution is 0.393. The first-order valence-corrected chi connectivity index (χ1v) is 14.0.